The van der Waals surface area contributed by atoms with Crippen LogP contribution in [0.15, 0.2) is 42.5 Å². The summed E-state index contributed by atoms with van der Waals surface area (Å²) in [5, 5.41) is 2.74. The lowest BCUT2D eigenvalue weighted by atomic mass is 10.1. The molecule has 0 aliphatic rings. The molecule has 0 fully saturated rings. The van der Waals surface area contributed by atoms with Crippen LogP contribution in [0.3, 0.4) is 0 Å². The molecule has 29 heavy (non-hydrogen) atoms. The lowest BCUT2D eigenvalue weighted by Gasteiger charge is -2.28. The Labute approximate surface area is 172 Å². The molecule has 7 nitrogen and oxygen atoms in total. The number of methoxy groups -OCH3 is 1. The van der Waals surface area contributed by atoms with Gasteiger partial charge in [0, 0.05) is 6.07 Å². The van der Waals surface area contributed by atoms with Crippen LogP contribution < -0.4 is 19.1 Å². The molecule has 0 saturated carbocycles. The van der Waals surface area contributed by atoms with Crippen LogP contribution in [0.1, 0.15) is 18.1 Å². The minimum atomic E-state index is -3.69. The molecule has 0 aliphatic carbocycles. The van der Waals surface area contributed by atoms with Gasteiger partial charge in [-0.1, -0.05) is 18.2 Å². The van der Waals surface area contributed by atoms with Crippen molar-refractivity contribution in [3.05, 3.63) is 53.6 Å². The number of sulfonamides is 1. The van der Waals surface area contributed by atoms with Crippen LogP contribution in [0.4, 0.5) is 5.69 Å². The van der Waals surface area contributed by atoms with Crippen molar-refractivity contribution in [1.82, 2.24) is 5.32 Å². The number of hydrogen-bond donors (Lipinski definition) is 1. The number of rotatable bonds is 9. The highest BCUT2D eigenvalue weighted by molar-refractivity contribution is 7.92. The molecular formula is C21H28N2O5S. The predicted molar refractivity (Wildman–Crippen MR) is 114 cm³/mol. The van der Waals surface area contributed by atoms with Crippen molar-refractivity contribution in [2.24, 2.45) is 0 Å². The largest absolute Gasteiger partial charge is 0.497 e. The van der Waals surface area contributed by atoms with Crippen LogP contribution >= 0.6 is 0 Å². The molecule has 1 N–H and O–H groups in total. The van der Waals surface area contributed by atoms with Crippen molar-refractivity contribution in [1.29, 1.82) is 0 Å². The molecule has 2 aromatic carbocycles. The van der Waals surface area contributed by atoms with E-state index in [4.69, 9.17) is 9.47 Å². The summed E-state index contributed by atoms with van der Waals surface area (Å²) in [6.07, 6.45) is 1.07. The van der Waals surface area contributed by atoms with Gasteiger partial charge in [-0.3, -0.25) is 9.10 Å². The van der Waals surface area contributed by atoms with Crippen molar-refractivity contribution in [2.45, 2.75) is 26.8 Å². The first kappa shape index (κ1) is 22.5. The fourth-order valence-electron chi connectivity index (χ4n) is 2.92. The number of nitrogens with zero attached hydrogens (tertiary/aromatic N) is 1. The van der Waals surface area contributed by atoms with Gasteiger partial charge in [0.1, 0.15) is 24.1 Å². The summed E-state index contributed by atoms with van der Waals surface area (Å²) < 4.78 is 36.7. The molecule has 0 radical (unpaired) electrons. The highest BCUT2D eigenvalue weighted by Crippen LogP contribution is 2.25. The number of aryl methyl sites for hydroxylation is 1. The van der Waals surface area contributed by atoms with E-state index in [1.165, 1.54) is 7.11 Å². The zero-order chi connectivity index (χ0) is 21.6. The first-order chi connectivity index (χ1) is 13.6. The van der Waals surface area contributed by atoms with Crippen molar-refractivity contribution in [2.75, 3.05) is 30.8 Å². The number of amides is 1. The second-order valence-corrected chi connectivity index (χ2v) is 8.63. The van der Waals surface area contributed by atoms with E-state index in [0.29, 0.717) is 11.4 Å². The number of carbonyl (C=O) groups is 1. The molecule has 1 unspecified atom stereocenters. The van der Waals surface area contributed by atoms with Crippen LogP contribution in [0.2, 0.25) is 0 Å². The zero-order valence-corrected chi connectivity index (χ0v) is 18.2. The second kappa shape index (κ2) is 9.65. The normalized spacial score (nSPS) is 12.2. The number of hydrogen-bond acceptors (Lipinski definition) is 5. The number of nitrogens with one attached hydrogen (secondary N) is 1. The average molecular weight is 421 g/mol. The van der Waals surface area contributed by atoms with Gasteiger partial charge in [0.15, 0.2) is 0 Å². The fraction of sp³-hybridized carbons (Fsp3) is 0.381. The minimum Gasteiger partial charge on any atom is -0.497 e. The summed E-state index contributed by atoms with van der Waals surface area (Å²) in [5.41, 5.74) is 2.54. The highest BCUT2D eigenvalue weighted by Gasteiger charge is 2.29. The third kappa shape index (κ3) is 5.87. The van der Waals surface area contributed by atoms with E-state index in [0.717, 1.165) is 27.4 Å². The second-order valence-electron chi connectivity index (χ2n) is 6.77. The molecule has 0 bridgehead atoms. The Balaban J connectivity index is 2.03. The van der Waals surface area contributed by atoms with Crippen LogP contribution in [0.25, 0.3) is 0 Å². The number of ether oxygens (including phenoxy) is 2. The monoisotopic (exact) mass is 420 g/mol. The Morgan fingerprint density at radius 1 is 1.17 bits per heavy atom. The summed E-state index contributed by atoms with van der Waals surface area (Å²) in [5.74, 6) is 0.856. The van der Waals surface area contributed by atoms with E-state index < -0.39 is 22.0 Å². The average Bonchev–Trinajstić information content (AvgIpc) is 2.67. The van der Waals surface area contributed by atoms with Gasteiger partial charge in [0.25, 0.3) is 0 Å². The van der Waals surface area contributed by atoms with Crippen LogP contribution in [-0.2, 0) is 14.8 Å². The van der Waals surface area contributed by atoms with Gasteiger partial charge in [-0.25, -0.2) is 8.42 Å². The van der Waals surface area contributed by atoms with Gasteiger partial charge in [0.05, 0.1) is 25.6 Å². The van der Waals surface area contributed by atoms with Gasteiger partial charge in [-0.05, 0) is 50.1 Å². The molecule has 0 aromatic heterocycles. The Morgan fingerprint density at radius 3 is 2.52 bits per heavy atom. The predicted octanol–water partition coefficient (Wildman–Crippen LogP) is 2.66. The molecule has 158 valence electrons. The zero-order valence-electron chi connectivity index (χ0n) is 17.4. The first-order valence-electron chi connectivity index (χ1n) is 9.25. The van der Waals surface area contributed by atoms with E-state index in [2.05, 4.69) is 5.32 Å². The van der Waals surface area contributed by atoms with Gasteiger partial charge in [-0.15, -0.1) is 0 Å². The molecular weight excluding hydrogens is 392 g/mol. The van der Waals surface area contributed by atoms with Crippen LogP contribution in [0, 0.1) is 13.8 Å². The lowest BCUT2D eigenvalue weighted by Crippen LogP contribution is -2.48. The molecule has 8 heteroatoms. The summed E-state index contributed by atoms with van der Waals surface area (Å²) in [6.45, 7) is 6.06. The maximum absolute atomic E-state index is 12.6. The minimum absolute atomic E-state index is 0.256. The lowest BCUT2D eigenvalue weighted by molar-refractivity contribution is -0.121. The summed E-state index contributed by atoms with van der Waals surface area (Å²) >= 11 is 0. The van der Waals surface area contributed by atoms with Crippen LogP contribution in [-0.4, -0.2) is 46.9 Å². The van der Waals surface area contributed by atoms with Crippen molar-refractivity contribution < 1.29 is 22.7 Å². The maximum atomic E-state index is 12.6. The quantitative estimate of drug-likeness (QED) is 0.631. The topological polar surface area (TPSA) is 84.9 Å². The third-order valence-corrected chi connectivity index (χ3v) is 5.85. The molecule has 0 saturated heterocycles. The molecule has 0 aliphatic heterocycles. The van der Waals surface area contributed by atoms with Gasteiger partial charge in [-0.2, -0.15) is 0 Å². The Kier molecular flexibility index (Phi) is 7.50. The fourth-order valence-corrected chi connectivity index (χ4v) is 4.09. The van der Waals surface area contributed by atoms with Crippen molar-refractivity contribution in [3.63, 3.8) is 0 Å². The molecule has 0 spiro atoms. The summed E-state index contributed by atoms with van der Waals surface area (Å²) in [4.78, 5) is 12.6. The smallest absolute Gasteiger partial charge is 0.243 e. The van der Waals surface area contributed by atoms with Gasteiger partial charge >= 0.3 is 0 Å². The van der Waals surface area contributed by atoms with E-state index in [1.807, 2.05) is 32.0 Å². The molecule has 0 heterocycles. The SMILES string of the molecule is COc1cccc(N(C(C)C(=O)NCCOc2cccc(C)c2C)S(C)(=O)=O)c1. The Morgan fingerprint density at radius 2 is 1.86 bits per heavy atom. The van der Waals surface area contributed by atoms with E-state index in [1.54, 1.807) is 31.2 Å². The summed E-state index contributed by atoms with van der Waals surface area (Å²) in [7, 11) is -2.19. The van der Waals surface area contributed by atoms with Crippen LogP contribution in [0.5, 0.6) is 11.5 Å². The number of carbonyl (C=O) groups excluding carboxylic acids is 1. The van der Waals surface area contributed by atoms with E-state index in [-0.39, 0.29) is 13.2 Å². The Hall–Kier alpha value is -2.74. The van der Waals surface area contributed by atoms with E-state index >= 15 is 0 Å². The first-order valence-corrected chi connectivity index (χ1v) is 11.1. The highest BCUT2D eigenvalue weighted by atomic mass is 32.2. The number of benzene rings is 2. The maximum Gasteiger partial charge on any atom is 0.243 e. The molecule has 1 amide bonds. The third-order valence-electron chi connectivity index (χ3n) is 4.61. The number of anilines is 1. The van der Waals surface area contributed by atoms with Gasteiger partial charge in [0.2, 0.25) is 15.9 Å². The molecule has 2 rings (SSSR count). The Bertz CT molecular complexity index is 959. The van der Waals surface area contributed by atoms with Crippen molar-refractivity contribution in [3.8, 4) is 11.5 Å². The van der Waals surface area contributed by atoms with Gasteiger partial charge < -0.3 is 14.8 Å². The standard InChI is InChI=1S/C21H28N2O5S/c1-15-8-6-11-20(16(15)2)28-13-12-22-21(24)17(3)23(29(5,25)26)18-9-7-10-19(14-18)27-4/h6-11,14,17H,12-13H2,1-5H3,(H,22,24). The molecule has 1 atom stereocenters. The summed E-state index contributed by atoms with van der Waals surface area (Å²) in [6, 6.07) is 11.4. The van der Waals surface area contributed by atoms with E-state index in [9.17, 15) is 13.2 Å². The van der Waals surface area contributed by atoms with Crippen molar-refractivity contribution >= 4 is 21.6 Å². The molecule has 2 aromatic rings.